The van der Waals surface area contributed by atoms with E-state index in [2.05, 4.69) is 10.3 Å². The highest BCUT2D eigenvalue weighted by Crippen LogP contribution is 2.26. The third-order valence-corrected chi connectivity index (χ3v) is 4.95. The first kappa shape index (κ1) is 14.5. The lowest BCUT2D eigenvalue weighted by Crippen LogP contribution is -2.43. The summed E-state index contributed by atoms with van der Waals surface area (Å²) in [6.45, 7) is 6.82. The van der Waals surface area contributed by atoms with E-state index in [1.807, 2.05) is 30.9 Å². The topological polar surface area (TPSA) is 45.2 Å². The molecule has 4 nitrogen and oxygen atoms in total. The van der Waals surface area contributed by atoms with E-state index in [0.29, 0.717) is 6.04 Å². The molecule has 0 bridgehead atoms. The third-order valence-electron chi connectivity index (χ3n) is 4.95. The minimum absolute atomic E-state index is 0.151. The van der Waals surface area contributed by atoms with Crippen LogP contribution in [-0.4, -0.2) is 41.5 Å². The average Bonchev–Trinajstić information content (AvgIpc) is 3.01. The molecule has 114 valence electrons. The summed E-state index contributed by atoms with van der Waals surface area (Å²) in [5.74, 6) is 0.895. The average molecular weight is 287 g/mol. The Balaban J connectivity index is 1.62. The molecule has 1 amide bonds. The van der Waals surface area contributed by atoms with Crippen LogP contribution in [0.1, 0.15) is 47.4 Å². The maximum absolute atomic E-state index is 12.6. The standard InChI is InChI=1S/C17H25N3O/c1-12-5-6-15(13(2)19-12)17(21)20-10-7-14(8-11-20)16-4-3-9-18-16/h5-6,14,16,18H,3-4,7-11H2,1-2H3. The molecule has 3 rings (SSSR count). The van der Waals surface area contributed by atoms with E-state index in [-0.39, 0.29) is 5.91 Å². The SMILES string of the molecule is Cc1ccc(C(=O)N2CCC(C3CCCN3)CC2)c(C)n1. The van der Waals surface area contributed by atoms with Gasteiger partial charge in [0.1, 0.15) is 0 Å². The van der Waals surface area contributed by atoms with Gasteiger partial charge in [-0.1, -0.05) is 0 Å². The Morgan fingerprint density at radius 3 is 2.62 bits per heavy atom. The number of aromatic nitrogens is 1. The van der Waals surface area contributed by atoms with Crippen LogP contribution in [0.3, 0.4) is 0 Å². The van der Waals surface area contributed by atoms with Gasteiger partial charge in [0.2, 0.25) is 0 Å². The summed E-state index contributed by atoms with van der Waals surface area (Å²) in [6.07, 6.45) is 4.86. The Kier molecular flexibility index (Phi) is 4.24. The number of likely N-dealkylation sites (tertiary alicyclic amines) is 1. The number of amides is 1. The van der Waals surface area contributed by atoms with E-state index in [4.69, 9.17) is 0 Å². The lowest BCUT2D eigenvalue weighted by molar-refractivity contribution is 0.0673. The Bertz CT molecular complexity index is 515. The number of nitrogens with zero attached hydrogens (tertiary/aromatic N) is 2. The van der Waals surface area contributed by atoms with Crippen LogP contribution < -0.4 is 5.32 Å². The van der Waals surface area contributed by atoms with Crippen molar-refractivity contribution in [3.8, 4) is 0 Å². The summed E-state index contributed by atoms with van der Waals surface area (Å²) in [7, 11) is 0. The van der Waals surface area contributed by atoms with Crippen LogP contribution in [0.15, 0.2) is 12.1 Å². The highest BCUT2D eigenvalue weighted by molar-refractivity contribution is 5.95. The predicted octanol–water partition coefficient (Wildman–Crippen LogP) is 2.30. The van der Waals surface area contributed by atoms with Crippen LogP contribution in [0.4, 0.5) is 0 Å². The lowest BCUT2D eigenvalue weighted by atomic mass is 9.88. The molecule has 21 heavy (non-hydrogen) atoms. The number of aryl methyl sites for hydroxylation is 2. The molecule has 0 radical (unpaired) electrons. The molecule has 1 atom stereocenters. The van der Waals surface area contributed by atoms with Crippen molar-refractivity contribution in [3.63, 3.8) is 0 Å². The van der Waals surface area contributed by atoms with E-state index in [9.17, 15) is 4.79 Å². The first-order valence-corrected chi connectivity index (χ1v) is 8.12. The molecule has 1 N–H and O–H groups in total. The van der Waals surface area contributed by atoms with E-state index in [1.54, 1.807) is 0 Å². The van der Waals surface area contributed by atoms with Gasteiger partial charge in [-0.2, -0.15) is 0 Å². The number of carbonyl (C=O) groups is 1. The van der Waals surface area contributed by atoms with Gasteiger partial charge in [0.15, 0.2) is 0 Å². The van der Waals surface area contributed by atoms with Crippen molar-refractivity contribution < 1.29 is 4.79 Å². The number of pyridine rings is 1. The first-order chi connectivity index (χ1) is 10.1. The second-order valence-electron chi connectivity index (χ2n) is 6.42. The monoisotopic (exact) mass is 287 g/mol. The zero-order chi connectivity index (χ0) is 14.8. The first-order valence-electron chi connectivity index (χ1n) is 8.12. The summed E-state index contributed by atoms with van der Waals surface area (Å²) in [6, 6.07) is 4.53. The van der Waals surface area contributed by atoms with Gasteiger partial charge in [-0.05, 0) is 64.1 Å². The fourth-order valence-corrected chi connectivity index (χ4v) is 3.70. The zero-order valence-electron chi connectivity index (χ0n) is 13.1. The molecule has 1 unspecified atom stereocenters. The number of piperidine rings is 1. The molecule has 2 aliphatic heterocycles. The Hall–Kier alpha value is -1.42. The van der Waals surface area contributed by atoms with Crippen LogP contribution in [0, 0.1) is 19.8 Å². The zero-order valence-corrected chi connectivity index (χ0v) is 13.1. The Labute approximate surface area is 126 Å². The quantitative estimate of drug-likeness (QED) is 0.908. The maximum atomic E-state index is 12.6. The molecule has 2 saturated heterocycles. The molecule has 0 saturated carbocycles. The molecule has 2 aliphatic rings. The van der Waals surface area contributed by atoms with Crippen LogP contribution in [-0.2, 0) is 0 Å². The van der Waals surface area contributed by atoms with Crippen molar-refractivity contribution in [1.82, 2.24) is 15.2 Å². The summed E-state index contributed by atoms with van der Waals surface area (Å²) in [5, 5.41) is 3.60. The number of nitrogens with one attached hydrogen (secondary N) is 1. The van der Waals surface area contributed by atoms with Gasteiger partial charge < -0.3 is 10.2 Å². The Morgan fingerprint density at radius 2 is 2.00 bits per heavy atom. The normalized spacial score (nSPS) is 23.5. The Morgan fingerprint density at radius 1 is 1.24 bits per heavy atom. The van der Waals surface area contributed by atoms with Crippen molar-refractivity contribution in [3.05, 3.63) is 29.1 Å². The number of hydrogen-bond acceptors (Lipinski definition) is 3. The van der Waals surface area contributed by atoms with E-state index in [1.165, 1.54) is 12.8 Å². The van der Waals surface area contributed by atoms with Gasteiger partial charge in [-0.25, -0.2) is 0 Å². The molecule has 0 aromatic carbocycles. The highest BCUT2D eigenvalue weighted by Gasteiger charge is 2.30. The van der Waals surface area contributed by atoms with Crippen molar-refractivity contribution in [1.29, 1.82) is 0 Å². The molecule has 2 fully saturated rings. The molecule has 1 aromatic heterocycles. The molecule has 4 heteroatoms. The van der Waals surface area contributed by atoms with Crippen LogP contribution >= 0.6 is 0 Å². The van der Waals surface area contributed by atoms with Crippen molar-refractivity contribution in [2.24, 2.45) is 5.92 Å². The second kappa shape index (κ2) is 6.14. The summed E-state index contributed by atoms with van der Waals surface area (Å²) in [4.78, 5) is 19.0. The van der Waals surface area contributed by atoms with Crippen LogP contribution in [0.25, 0.3) is 0 Å². The molecule has 1 aromatic rings. The smallest absolute Gasteiger partial charge is 0.255 e. The van der Waals surface area contributed by atoms with Gasteiger partial charge >= 0.3 is 0 Å². The maximum Gasteiger partial charge on any atom is 0.255 e. The van der Waals surface area contributed by atoms with Crippen molar-refractivity contribution in [2.45, 2.75) is 45.6 Å². The van der Waals surface area contributed by atoms with Gasteiger partial charge in [0, 0.05) is 24.8 Å². The van der Waals surface area contributed by atoms with E-state index < -0.39 is 0 Å². The highest BCUT2D eigenvalue weighted by atomic mass is 16.2. The summed E-state index contributed by atoms with van der Waals surface area (Å²) >= 11 is 0. The van der Waals surface area contributed by atoms with Gasteiger partial charge in [0.25, 0.3) is 5.91 Å². The van der Waals surface area contributed by atoms with Crippen molar-refractivity contribution in [2.75, 3.05) is 19.6 Å². The van der Waals surface area contributed by atoms with Crippen LogP contribution in [0.2, 0.25) is 0 Å². The van der Waals surface area contributed by atoms with E-state index >= 15 is 0 Å². The van der Waals surface area contributed by atoms with Gasteiger partial charge in [-0.3, -0.25) is 9.78 Å². The minimum atomic E-state index is 0.151. The second-order valence-corrected chi connectivity index (χ2v) is 6.42. The molecule has 3 heterocycles. The molecule has 0 spiro atoms. The lowest BCUT2D eigenvalue weighted by Gasteiger charge is -2.35. The van der Waals surface area contributed by atoms with Crippen LogP contribution in [0.5, 0.6) is 0 Å². The number of carbonyl (C=O) groups excluding carboxylic acids is 1. The number of rotatable bonds is 2. The molecule has 0 aliphatic carbocycles. The minimum Gasteiger partial charge on any atom is -0.339 e. The summed E-state index contributed by atoms with van der Waals surface area (Å²) in [5.41, 5.74) is 2.58. The fraction of sp³-hybridized carbons (Fsp3) is 0.647. The molecular formula is C17H25N3O. The third kappa shape index (κ3) is 3.10. The predicted molar refractivity (Wildman–Crippen MR) is 83.4 cm³/mol. The molecular weight excluding hydrogens is 262 g/mol. The van der Waals surface area contributed by atoms with Gasteiger partial charge in [-0.15, -0.1) is 0 Å². The van der Waals surface area contributed by atoms with E-state index in [0.717, 1.165) is 55.3 Å². The van der Waals surface area contributed by atoms with Gasteiger partial charge in [0.05, 0.1) is 11.3 Å². The number of hydrogen-bond donors (Lipinski definition) is 1. The summed E-state index contributed by atoms with van der Waals surface area (Å²) < 4.78 is 0. The fourth-order valence-electron chi connectivity index (χ4n) is 3.70. The van der Waals surface area contributed by atoms with Crippen molar-refractivity contribution >= 4 is 5.91 Å². The largest absolute Gasteiger partial charge is 0.339 e.